The molecule has 1 aromatic carbocycles. The molecule has 1 saturated heterocycles. The molecule has 1 unspecified atom stereocenters. The van der Waals surface area contributed by atoms with Gasteiger partial charge in [-0.2, -0.15) is 9.57 Å². The lowest BCUT2D eigenvalue weighted by Gasteiger charge is -2.34. The smallest absolute Gasteiger partial charge is 0.244 e. The Morgan fingerprint density at radius 2 is 2.14 bits per heavy atom. The van der Waals surface area contributed by atoms with E-state index in [9.17, 15) is 8.42 Å². The van der Waals surface area contributed by atoms with Gasteiger partial charge < -0.3 is 5.73 Å². The van der Waals surface area contributed by atoms with Crippen LogP contribution in [-0.4, -0.2) is 31.9 Å². The molecule has 0 spiro atoms. The number of halogens is 2. The second-order valence-corrected chi connectivity index (χ2v) is 7.02. The molecule has 0 saturated carbocycles. The SMILES string of the molecule is Cl.N#Cc1ccc(S(=O)(=O)N2CCCCC2CN)c(Cl)c1. The van der Waals surface area contributed by atoms with Gasteiger partial charge in [-0.15, -0.1) is 12.4 Å². The molecule has 0 radical (unpaired) electrons. The van der Waals surface area contributed by atoms with Crippen LogP contribution >= 0.6 is 24.0 Å². The third kappa shape index (κ3) is 3.68. The second-order valence-electron chi connectivity index (χ2n) is 4.76. The highest BCUT2D eigenvalue weighted by Crippen LogP contribution is 2.29. The summed E-state index contributed by atoms with van der Waals surface area (Å²) >= 11 is 6.01. The minimum Gasteiger partial charge on any atom is -0.329 e. The first-order chi connectivity index (χ1) is 9.50. The summed E-state index contributed by atoms with van der Waals surface area (Å²) in [6.07, 6.45) is 2.57. The molecule has 116 valence electrons. The van der Waals surface area contributed by atoms with E-state index in [4.69, 9.17) is 22.6 Å². The zero-order valence-corrected chi connectivity index (χ0v) is 13.7. The van der Waals surface area contributed by atoms with Crippen molar-refractivity contribution in [2.45, 2.75) is 30.2 Å². The number of benzene rings is 1. The molecular weight excluding hydrogens is 333 g/mol. The number of piperidine rings is 1. The van der Waals surface area contributed by atoms with Gasteiger partial charge >= 0.3 is 0 Å². The van der Waals surface area contributed by atoms with E-state index in [1.54, 1.807) is 0 Å². The van der Waals surface area contributed by atoms with Gasteiger partial charge in [-0.1, -0.05) is 18.0 Å². The molecule has 0 bridgehead atoms. The molecule has 21 heavy (non-hydrogen) atoms. The zero-order valence-electron chi connectivity index (χ0n) is 11.3. The molecule has 1 aliphatic heterocycles. The number of rotatable bonds is 3. The topological polar surface area (TPSA) is 87.2 Å². The van der Waals surface area contributed by atoms with Crippen molar-refractivity contribution in [3.8, 4) is 6.07 Å². The van der Waals surface area contributed by atoms with E-state index in [1.807, 2.05) is 6.07 Å². The third-order valence-electron chi connectivity index (χ3n) is 3.49. The van der Waals surface area contributed by atoms with Crippen LogP contribution in [0.3, 0.4) is 0 Å². The maximum Gasteiger partial charge on any atom is 0.244 e. The largest absolute Gasteiger partial charge is 0.329 e. The fraction of sp³-hybridized carbons (Fsp3) is 0.462. The molecule has 1 heterocycles. The molecule has 0 amide bonds. The number of hydrogen-bond acceptors (Lipinski definition) is 4. The van der Waals surface area contributed by atoms with Crippen LogP contribution in [-0.2, 0) is 10.0 Å². The Bertz CT molecular complexity index is 643. The van der Waals surface area contributed by atoms with Crippen LogP contribution in [0, 0.1) is 11.3 Å². The fourth-order valence-electron chi connectivity index (χ4n) is 2.43. The molecule has 1 aliphatic rings. The van der Waals surface area contributed by atoms with Crippen molar-refractivity contribution in [1.82, 2.24) is 4.31 Å². The summed E-state index contributed by atoms with van der Waals surface area (Å²) in [6.45, 7) is 0.758. The second kappa shape index (κ2) is 7.43. The summed E-state index contributed by atoms with van der Waals surface area (Å²) in [5.74, 6) is 0. The molecule has 1 fully saturated rings. The van der Waals surface area contributed by atoms with E-state index in [0.29, 0.717) is 18.7 Å². The molecule has 0 aromatic heterocycles. The zero-order chi connectivity index (χ0) is 14.8. The lowest BCUT2D eigenvalue weighted by atomic mass is 10.1. The predicted molar refractivity (Wildman–Crippen MR) is 84.0 cm³/mol. The van der Waals surface area contributed by atoms with Crippen LogP contribution in [0.25, 0.3) is 0 Å². The van der Waals surface area contributed by atoms with Crippen molar-refractivity contribution in [2.75, 3.05) is 13.1 Å². The lowest BCUT2D eigenvalue weighted by Crippen LogP contribution is -2.47. The van der Waals surface area contributed by atoms with Crippen molar-refractivity contribution in [3.05, 3.63) is 28.8 Å². The average molecular weight is 350 g/mol. The van der Waals surface area contributed by atoms with E-state index in [0.717, 1.165) is 19.3 Å². The van der Waals surface area contributed by atoms with Crippen molar-refractivity contribution in [1.29, 1.82) is 5.26 Å². The Hall–Kier alpha value is -0.840. The first-order valence-corrected chi connectivity index (χ1v) is 8.24. The van der Waals surface area contributed by atoms with Gasteiger partial charge in [0.15, 0.2) is 0 Å². The summed E-state index contributed by atoms with van der Waals surface area (Å²) in [5, 5.41) is 8.87. The maximum atomic E-state index is 12.7. The van der Waals surface area contributed by atoms with Gasteiger partial charge in [-0.25, -0.2) is 8.42 Å². The average Bonchev–Trinajstić information content (AvgIpc) is 2.46. The third-order valence-corrected chi connectivity index (χ3v) is 5.93. The summed E-state index contributed by atoms with van der Waals surface area (Å²) in [7, 11) is -3.67. The van der Waals surface area contributed by atoms with Crippen molar-refractivity contribution >= 4 is 34.0 Å². The summed E-state index contributed by atoms with van der Waals surface area (Å²) in [4.78, 5) is 0.0403. The number of hydrogen-bond donors (Lipinski definition) is 1. The molecule has 2 N–H and O–H groups in total. The Morgan fingerprint density at radius 1 is 1.43 bits per heavy atom. The summed E-state index contributed by atoms with van der Waals surface area (Å²) < 4.78 is 26.8. The minimum absolute atomic E-state index is 0. The van der Waals surface area contributed by atoms with E-state index in [-0.39, 0.29) is 28.4 Å². The van der Waals surface area contributed by atoms with Gasteiger partial charge in [-0.3, -0.25) is 0 Å². The summed E-state index contributed by atoms with van der Waals surface area (Å²) in [5.41, 5.74) is 6.01. The molecule has 2 rings (SSSR count). The van der Waals surface area contributed by atoms with Crippen molar-refractivity contribution in [2.24, 2.45) is 5.73 Å². The van der Waals surface area contributed by atoms with Crippen LogP contribution in [0.2, 0.25) is 5.02 Å². The highest BCUT2D eigenvalue weighted by Gasteiger charge is 2.33. The van der Waals surface area contributed by atoms with Crippen molar-refractivity contribution in [3.63, 3.8) is 0 Å². The van der Waals surface area contributed by atoms with Gasteiger partial charge in [0.05, 0.1) is 16.7 Å². The Kier molecular flexibility index (Phi) is 6.44. The predicted octanol–water partition coefficient (Wildman–Crippen LogP) is 2.14. The quantitative estimate of drug-likeness (QED) is 0.905. The van der Waals surface area contributed by atoms with Gasteiger partial charge in [0.2, 0.25) is 10.0 Å². The van der Waals surface area contributed by atoms with Crippen LogP contribution in [0.15, 0.2) is 23.1 Å². The first kappa shape index (κ1) is 18.2. The Labute approximate surface area is 136 Å². The van der Waals surface area contributed by atoms with E-state index in [2.05, 4.69) is 0 Å². The number of nitriles is 1. The van der Waals surface area contributed by atoms with Gasteiger partial charge in [0, 0.05) is 19.1 Å². The Morgan fingerprint density at radius 3 is 2.71 bits per heavy atom. The standard InChI is InChI=1S/C13H16ClN3O2S.ClH/c14-12-7-10(8-15)4-5-13(12)20(18,19)17-6-2-1-3-11(17)9-16;/h4-5,7,11H,1-3,6,9,16H2;1H. The minimum atomic E-state index is -3.67. The number of sulfonamides is 1. The molecular formula is C13H17Cl2N3O2S. The van der Waals surface area contributed by atoms with E-state index >= 15 is 0 Å². The van der Waals surface area contributed by atoms with Gasteiger partial charge in [-0.05, 0) is 31.0 Å². The van der Waals surface area contributed by atoms with Crippen molar-refractivity contribution < 1.29 is 8.42 Å². The highest BCUT2D eigenvalue weighted by molar-refractivity contribution is 7.89. The van der Waals surface area contributed by atoms with Crippen LogP contribution in [0.1, 0.15) is 24.8 Å². The fourth-order valence-corrected chi connectivity index (χ4v) is 4.66. The van der Waals surface area contributed by atoms with E-state index < -0.39 is 10.0 Å². The summed E-state index contributed by atoms with van der Waals surface area (Å²) in [6, 6.07) is 5.97. The van der Waals surface area contributed by atoms with Gasteiger partial charge in [0.1, 0.15) is 4.90 Å². The van der Waals surface area contributed by atoms with E-state index in [1.165, 1.54) is 22.5 Å². The molecule has 0 aliphatic carbocycles. The van der Waals surface area contributed by atoms with Crippen LogP contribution in [0.4, 0.5) is 0 Å². The lowest BCUT2D eigenvalue weighted by molar-refractivity contribution is 0.257. The van der Waals surface area contributed by atoms with Crippen LogP contribution in [0.5, 0.6) is 0 Å². The maximum absolute atomic E-state index is 12.7. The normalized spacial score (nSPS) is 19.6. The monoisotopic (exact) mass is 349 g/mol. The molecule has 8 heteroatoms. The molecule has 1 aromatic rings. The molecule has 1 atom stereocenters. The highest BCUT2D eigenvalue weighted by atomic mass is 35.5. The Balaban J connectivity index is 0.00000220. The van der Waals surface area contributed by atoms with Crippen LogP contribution < -0.4 is 5.73 Å². The molecule has 5 nitrogen and oxygen atoms in total. The number of nitrogens with zero attached hydrogens (tertiary/aromatic N) is 2. The number of nitrogens with two attached hydrogens (primary N) is 1. The van der Waals surface area contributed by atoms with Gasteiger partial charge in [0.25, 0.3) is 0 Å². The first-order valence-electron chi connectivity index (χ1n) is 6.42.